The van der Waals surface area contributed by atoms with Gasteiger partial charge in [0.2, 0.25) is 11.8 Å². The monoisotopic (exact) mass is 302 g/mol. The van der Waals surface area contributed by atoms with E-state index in [2.05, 4.69) is 5.32 Å². The number of hydrogen-bond donors (Lipinski definition) is 1. The molecule has 0 saturated carbocycles. The maximum Gasteiger partial charge on any atom is 0.227 e. The second kappa shape index (κ2) is 7.04. The smallest absolute Gasteiger partial charge is 0.227 e. The molecule has 1 aromatic carbocycles. The number of rotatable bonds is 5. The van der Waals surface area contributed by atoms with E-state index in [1.165, 1.54) is 6.92 Å². The van der Waals surface area contributed by atoms with E-state index in [0.29, 0.717) is 13.0 Å². The molecule has 1 N–H and O–H groups in total. The fourth-order valence-corrected chi connectivity index (χ4v) is 2.62. The highest BCUT2D eigenvalue weighted by molar-refractivity contribution is 7.07. The van der Waals surface area contributed by atoms with Crippen LogP contribution >= 0.6 is 11.3 Å². The maximum atomic E-state index is 12.2. The van der Waals surface area contributed by atoms with Crippen molar-refractivity contribution in [2.24, 2.45) is 0 Å². The first kappa shape index (κ1) is 15.3. The standard InChI is InChI=1S/C16H18N2O2S/c1-12(19)17-15-5-3-13(4-6-15)9-16(20)18(2)10-14-7-8-21-11-14/h3-8,11H,9-10H2,1-2H3,(H,17,19). The number of thiophene rings is 1. The van der Waals surface area contributed by atoms with Crippen molar-refractivity contribution in [1.82, 2.24) is 4.90 Å². The van der Waals surface area contributed by atoms with Gasteiger partial charge in [-0.05, 0) is 40.1 Å². The summed E-state index contributed by atoms with van der Waals surface area (Å²) in [5.74, 6) is -0.0252. The van der Waals surface area contributed by atoms with Gasteiger partial charge in [-0.15, -0.1) is 0 Å². The summed E-state index contributed by atoms with van der Waals surface area (Å²) in [7, 11) is 1.81. The van der Waals surface area contributed by atoms with Gasteiger partial charge in [0.25, 0.3) is 0 Å². The summed E-state index contributed by atoms with van der Waals surface area (Å²) in [6.45, 7) is 2.10. The fraction of sp³-hybridized carbons (Fsp3) is 0.250. The van der Waals surface area contributed by atoms with E-state index in [4.69, 9.17) is 0 Å². The lowest BCUT2D eigenvalue weighted by Gasteiger charge is -2.16. The SMILES string of the molecule is CC(=O)Nc1ccc(CC(=O)N(C)Cc2ccsc2)cc1. The predicted molar refractivity (Wildman–Crippen MR) is 85.2 cm³/mol. The second-order valence-electron chi connectivity index (χ2n) is 4.94. The van der Waals surface area contributed by atoms with E-state index in [0.717, 1.165) is 16.8 Å². The predicted octanol–water partition coefficient (Wildman–Crippen LogP) is 2.91. The van der Waals surface area contributed by atoms with Crippen LogP contribution in [-0.2, 0) is 22.6 Å². The summed E-state index contributed by atoms with van der Waals surface area (Å²) < 4.78 is 0. The van der Waals surface area contributed by atoms with E-state index >= 15 is 0 Å². The van der Waals surface area contributed by atoms with Crippen molar-refractivity contribution < 1.29 is 9.59 Å². The molecule has 0 aliphatic carbocycles. The number of nitrogens with one attached hydrogen (secondary N) is 1. The van der Waals surface area contributed by atoms with Crippen LogP contribution in [0.2, 0.25) is 0 Å². The molecular weight excluding hydrogens is 284 g/mol. The Morgan fingerprint density at radius 1 is 1.14 bits per heavy atom. The summed E-state index contributed by atoms with van der Waals surface area (Å²) in [5.41, 5.74) is 2.83. The number of amides is 2. The summed E-state index contributed by atoms with van der Waals surface area (Å²) >= 11 is 1.63. The Kier molecular flexibility index (Phi) is 5.11. The molecule has 0 unspecified atom stereocenters. The average molecular weight is 302 g/mol. The third-order valence-corrected chi connectivity index (χ3v) is 3.79. The van der Waals surface area contributed by atoms with Crippen molar-refractivity contribution in [2.45, 2.75) is 19.9 Å². The van der Waals surface area contributed by atoms with Crippen LogP contribution in [0.25, 0.3) is 0 Å². The molecule has 110 valence electrons. The zero-order valence-electron chi connectivity index (χ0n) is 12.1. The normalized spacial score (nSPS) is 10.2. The highest BCUT2D eigenvalue weighted by atomic mass is 32.1. The van der Waals surface area contributed by atoms with Gasteiger partial charge in [-0.2, -0.15) is 11.3 Å². The highest BCUT2D eigenvalue weighted by Crippen LogP contribution is 2.12. The van der Waals surface area contributed by atoms with Crippen LogP contribution in [0.5, 0.6) is 0 Å². The molecule has 0 bridgehead atoms. The van der Waals surface area contributed by atoms with Crippen molar-refractivity contribution in [3.8, 4) is 0 Å². The van der Waals surface area contributed by atoms with Gasteiger partial charge in [0, 0.05) is 26.2 Å². The number of benzene rings is 1. The Morgan fingerprint density at radius 3 is 2.43 bits per heavy atom. The third kappa shape index (κ3) is 4.72. The third-order valence-electron chi connectivity index (χ3n) is 3.06. The molecule has 1 aromatic heterocycles. The molecule has 2 aromatic rings. The number of anilines is 1. The van der Waals surface area contributed by atoms with Gasteiger partial charge in [-0.1, -0.05) is 12.1 Å². The van der Waals surface area contributed by atoms with Gasteiger partial charge < -0.3 is 10.2 Å². The van der Waals surface area contributed by atoms with E-state index in [9.17, 15) is 9.59 Å². The summed E-state index contributed by atoms with van der Waals surface area (Å²) in [5, 5.41) is 6.76. The van der Waals surface area contributed by atoms with Crippen LogP contribution in [0, 0.1) is 0 Å². The Labute approximate surface area is 128 Å². The minimum Gasteiger partial charge on any atom is -0.341 e. The molecule has 4 nitrogen and oxygen atoms in total. The lowest BCUT2D eigenvalue weighted by molar-refractivity contribution is -0.129. The van der Waals surface area contributed by atoms with Crippen molar-refractivity contribution >= 4 is 28.8 Å². The first-order valence-electron chi connectivity index (χ1n) is 6.66. The molecule has 1 heterocycles. The van der Waals surface area contributed by atoms with Gasteiger partial charge in [0.1, 0.15) is 0 Å². The molecule has 21 heavy (non-hydrogen) atoms. The first-order chi connectivity index (χ1) is 10.0. The van der Waals surface area contributed by atoms with Gasteiger partial charge >= 0.3 is 0 Å². The largest absolute Gasteiger partial charge is 0.341 e. The zero-order valence-corrected chi connectivity index (χ0v) is 12.9. The summed E-state index contributed by atoms with van der Waals surface area (Å²) in [6, 6.07) is 9.37. The van der Waals surface area contributed by atoms with Gasteiger partial charge in [-0.3, -0.25) is 9.59 Å². The topological polar surface area (TPSA) is 49.4 Å². The van der Waals surface area contributed by atoms with Crippen molar-refractivity contribution in [2.75, 3.05) is 12.4 Å². The molecule has 0 atom stereocenters. The Bertz CT molecular complexity index is 606. The van der Waals surface area contributed by atoms with E-state index in [-0.39, 0.29) is 11.8 Å². The lowest BCUT2D eigenvalue weighted by Crippen LogP contribution is -2.27. The Morgan fingerprint density at radius 2 is 1.86 bits per heavy atom. The van der Waals surface area contributed by atoms with E-state index in [1.807, 2.05) is 48.1 Å². The van der Waals surface area contributed by atoms with Gasteiger partial charge in [0.05, 0.1) is 6.42 Å². The molecule has 0 spiro atoms. The summed E-state index contributed by atoms with van der Waals surface area (Å²) in [6.07, 6.45) is 0.362. The minimum atomic E-state index is -0.102. The zero-order chi connectivity index (χ0) is 15.2. The number of hydrogen-bond acceptors (Lipinski definition) is 3. The second-order valence-corrected chi connectivity index (χ2v) is 5.72. The first-order valence-corrected chi connectivity index (χ1v) is 7.60. The molecule has 0 saturated heterocycles. The van der Waals surface area contributed by atoms with Crippen molar-refractivity contribution in [3.63, 3.8) is 0 Å². The van der Waals surface area contributed by atoms with Crippen LogP contribution in [0.3, 0.4) is 0 Å². The van der Waals surface area contributed by atoms with Gasteiger partial charge in [-0.25, -0.2) is 0 Å². The number of carbonyl (C=O) groups is 2. The van der Waals surface area contributed by atoms with Crippen LogP contribution in [0.15, 0.2) is 41.1 Å². The number of nitrogens with zero attached hydrogens (tertiary/aromatic N) is 1. The highest BCUT2D eigenvalue weighted by Gasteiger charge is 2.10. The van der Waals surface area contributed by atoms with E-state index < -0.39 is 0 Å². The lowest BCUT2D eigenvalue weighted by atomic mass is 10.1. The van der Waals surface area contributed by atoms with E-state index in [1.54, 1.807) is 16.2 Å². The molecule has 0 radical (unpaired) electrons. The fourth-order valence-electron chi connectivity index (χ4n) is 1.96. The summed E-state index contributed by atoms with van der Waals surface area (Å²) in [4.78, 5) is 24.8. The molecule has 5 heteroatoms. The maximum absolute atomic E-state index is 12.2. The van der Waals surface area contributed by atoms with Crippen LogP contribution < -0.4 is 5.32 Å². The average Bonchev–Trinajstić information content (AvgIpc) is 2.93. The van der Waals surface area contributed by atoms with Crippen LogP contribution in [0.4, 0.5) is 5.69 Å². The molecule has 0 aliphatic heterocycles. The number of likely N-dealkylation sites (N-methyl/N-ethyl adjacent to an activating group) is 1. The molecule has 0 aliphatic rings. The van der Waals surface area contributed by atoms with Crippen molar-refractivity contribution in [3.05, 3.63) is 52.2 Å². The van der Waals surface area contributed by atoms with Crippen LogP contribution in [-0.4, -0.2) is 23.8 Å². The molecule has 0 fully saturated rings. The molecular formula is C16H18N2O2S. The van der Waals surface area contributed by atoms with Gasteiger partial charge in [0.15, 0.2) is 0 Å². The Balaban J connectivity index is 1.91. The molecule has 2 amide bonds. The quantitative estimate of drug-likeness (QED) is 0.923. The van der Waals surface area contributed by atoms with Crippen LogP contribution in [0.1, 0.15) is 18.1 Å². The van der Waals surface area contributed by atoms with Crippen molar-refractivity contribution in [1.29, 1.82) is 0 Å². The molecule has 2 rings (SSSR count). The Hall–Kier alpha value is -2.14. The number of carbonyl (C=O) groups excluding carboxylic acids is 2. The minimum absolute atomic E-state index is 0.0773.